The van der Waals surface area contributed by atoms with Gasteiger partial charge < -0.3 is 14.8 Å². The highest BCUT2D eigenvalue weighted by molar-refractivity contribution is 7.17. The van der Waals surface area contributed by atoms with Gasteiger partial charge in [-0.2, -0.15) is 0 Å². The van der Waals surface area contributed by atoms with E-state index in [1.165, 1.54) is 0 Å². The Bertz CT molecular complexity index is 826. The normalized spacial score (nSPS) is 10.5. The van der Waals surface area contributed by atoms with E-state index in [0.717, 1.165) is 10.1 Å². The monoisotopic (exact) mass is 313 g/mol. The molecule has 3 aromatic rings. The number of hydrogen-bond donors (Lipinski definition) is 1. The van der Waals surface area contributed by atoms with Gasteiger partial charge in [0.05, 0.1) is 25.5 Å². The van der Waals surface area contributed by atoms with Gasteiger partial charge in [-0.3, -0.25) is 4.79 Å². The number of fused-ring (bicyclic) bond motifs is 1. The maximum absolute atomic E-state index is 12.6. The third kappa shape index (κ3) is 2.63. The second kappa shape index (κ2) is 6.07. The largest absolute Gasteiger partial charge is 0.497 e. The Balaban J connectivity index is 1.94. The molecule has 0 spiro atoms. The lowest BCUT2D eigenvalue weighted by Gasteiger charge is -2.11. The number of carbonyl (C=O) groups is 1. The summed E-state index contributed by atoms with van der Waals surface area (Å²) >= 11 is 1.55. The molecule has 0 aliphatic carbocycles. The van der Waals surface area contributed by atoms with Crippen LogP contribution >= 0.6 is 11.3 Å². The molecule has 112 valence electrons. The fourth-order valence-corrected chi connectivity index (χ4v) is 3.20. The number of hydrogen-bond acceptors (Lipinski definition) is 4. The average molecular weight is 313 g/mol. The van der Waals surface area contributed by atoms with Crippen molar-refractivity contribution in [3.05, 3.63) is 53.4 Å². The molecule has 0 atom stereocenters. The second-order valence-electron chi connectivity index (χ2n) is 4.67. The van der Waals surface area contributed by atoms with Gasteiger partial charge in [-0.15, -0.1) is 11.3 Å². The van der Waals surface area contributed by atoms with E-state index in [2.05, 4.69) is 5.32 Å². The zero-order chi connectivity index (χ0) is 15.5. The van der Waals surface area contributed by atoms with Crippen molar-refractivity contribution in [3.63, 3.8) is 0 Å². The van der Waals surface area contributed by atoms with Gasteiger partial charge in [0.25, 0.3) is 5.91 Å². The highest BCUT2D eigenvalue weighted by Gasteiger charge is 2.14. The Kier molecular flexibility index (Phi) is 3.98. The lowest BCUT2D eigenvalue weighted by Crippen LogP contribution is -2.12. The summed E-state index contributed by atoms with van der Waals surface area (Å²) in [5, 5.41) is 5.71. The third-order valence-electron chi connectivity index (χ3n) is 3.38. The molecule has 1 N–H and O–H groups in total. The number of ether oxygens (including phenoxy) is 2. The number of carbonyl (C=O) groups excluding carboxylic acids is 1. The Labute approximate surface area is 132 Å². The van der Waals surface area contributed by atoms with Gasteiger partial charge in [0.2, 0.25) is 0 Å². The molecule has 0 radical (unpaired) electrons. The van der Waals surface area contributed by atoms with Crippen molar-refractivity contribution >= 4 is 33.0 Å². The van der Waals surface area contributed by atoms with Gasteiger partial charge in [0, 0.05) is 21.5 Å². The summed E-state index contributed by atoms with van der Waals surface area (Å²) in [6.07, 6.45) is 0. The quantitative estimate of drug-likeness (QED) is 0.786. The van der Waals surface area contributed by atoms with E-state index in [1.54, 1.807) is 43.8 Å². The van der Waals surface area contributed by atoms with Crippen LogP contribution < -0.4 is 14.8 Å². The van der Waals surface area contributed by atoms with E-state index in [0.29, 0.717) is 22.7 Å². The van der Waals surface area contributed by atoms with Gasteiger partial charge in [-0.1, -0.05) is 18.2 Å². The summed E-state index contributed by atoms with van der Waals surface area (Å²) in [4.78, 5) is 12.6. The first-order valence-corrected chi connectivity index (χ1v) is 7.60. The van der Waals surface area contributed by atoms with Crippen LogP contribution in [0, 0.1) is 0 Å². The summed E-state index contributed by atoms with van der Waals surface area (Å²) in [7, 11) is 3.15. The first-order chi connectivity index (χ1) is 10.7. The number of methoxy groups -OCH3 is 2. The van der Waals surface area contributed by atoms with Gasteiger partial charge in [-0.05, 0) is 18.2 Å². The molecule has 5 heteroatoms. The molecule has 22 heavy (non-hydrogen) atoms. The molecule has 0 fully saturated rings. The van der Waals surface area contributed by atoms with Crippen LogP contribution in [-0.4, -0.2) is 20.1 Å². The van der Waals surface area contributed by atoms with Crippen molar-refractivity contribution in [1.82, 2.24) is 0 Å². The van der Waals surface area contributed by atoms with Crippen LogP contribution in [-0.2, 0) is 0 Å². The zero-order valence-electron chi connectivity index (χ0n) is 12.3. The van der Waals surface area contributed by atoms with Crippen molar-refractivity contribution in [2.75, 3.05) is 19.5 Å². The Morgan fingerprint density at radius 3 is 2.68 bits per heavy atom. The van der Waals surface area contributed by atoms with Crippen molar-refractivity contribution < 1.29 is 14.3 Å². The molecule has 4 nitrogen and oxygen atoms in total. The number of amides is 1. The standard InChI is InChI=1S/C17H15NO3S/c1-20-11-7-8-15(21-2)14(9-11)18-17(19)13-10-22-16-6-4-3-5-12(13)16/h3-10H,1-2H3,(H,18,19). The van der Waals surface area contributed by atoms with E-state index in [4.69, 9.17) is 9.47 Å². The Morgan fingerprint density at radius 1 is 1.09 bits per heavy atom. The first kappa shape index (κ1) is 14.4. The molecule has 0 aliphatic heterocycles. The fraction of sp³-hybridized carbons (Fsp3) is 0.118. The van der Waals surface area contributed by atoms with Gasteiger partial charge >= 0.3 is 0 Å². The molecule has 1 aromatic heterocycles. The molecule has 3 rings (SSSR count). The van der Waals surface area contributed by atoms with Crippen LogP contribution in [0.5, 0.6) is 11.5 Å². The Hall–Kier alpha value is -2.53. The molecule has 2 aromatic carbocycles. The lowest BCUT2D eigenvalue weighted by atomic mass is 10.1. The molecule has 0 unspecified atom stereocenters. The third-order valence-corrected chi connectivity index (χ3v) is 4.34. The SMILES string of the molecule is COc1ccc(OC)c(NC(=O)c2csc3ccccc23)c1. The topological polar surface area (TPSA) is 47.6 Å². The number of rotatable bonds is 4. The maximum atomic E-state index is 12.6. The van der Waals surface area contributed by atoms with Crippen LogP contribution in [0.2, 0.25) is 0 Å². The number of benzene rings is 2. The van der Waals surface area contributed by atoms with E-state index < -0.39 is 0 Å². The predicted molar refractivity (Wildman–Crippen MR) is 89.3 cm³/mol. The average Bonchev–Trinajstić information content (AvgIpc) is 2.99. The molecule has 0 saturated heterocycles. The van der Waals surface area contributed by atoms with Gasteiger partial charge in [0.1, 0.15) is 11.5 Å². The van der Waals surface area contributed by atoms with Crippen molar-refractivity contribution in [3.8, 4) is 11.5 Å². The molecular weight excluding hydrogens is 298 g/mol. The molecule has 0 saturated carbocycles. The van der Waals surface area contributed by atoms with Crippen LogP contribution in [0.25, 0.3) is 10.1 Å². The van der Waals surface area contributed by atoms with Crippen LogP contribution in [0.3, 0.4) is 0 Å². The molecule has 1 amide bonds. The Morgan fingerprint density at radius 2 is 1.91 bits per heavy atom. The number of nitrogens with one attached hydrogen (secondary N) is 1. The van der Waals surface area contributed by atoms with Gasteiger partial charge in [-0.25, -0.2) is 0 Å². The molecule has 0 aliphatic rings. The van der Waals surface area contributed by atoms with E-state index in [-0.39, 0.29) is 5.91 Å². The minimum atomic E-state index is -0.163. The number of anilines is 1. The summed E-state index contributed by atoms with van der Waals surface area (Å²) in [6, 6.07) is 13.1. The smallest absolute Gasteiger partial charge is 0.257 e. The van der Waals surface area contributed by atoms with Crippen LogP contribution in [0.1, 0.15) is 10.4 Å². The predicted octanol–water partition coefficient (Wildman–Crippen LogP) is 4.17. The molecule has 0 bridgehead atoms. The lowest BCUT2D eigenvalue weighted by molar-refractivity contribution is 0.102. The minimum absolute atomic E-state index is 0.163. The minimum Gasteiger partial charge on any atom is -0.497 e. The van der Waals surface area contributed by atoms with Gasteiger partial charge in [0.15, 0.2) is 0 Å². The summed E-state index contributed by atoms with van der Waals surface area (Å²) in [6.45, 7) is 0. The zero-order valence-corrected chi connectivity index (χ0v) is 13.1. The molecule has 1 heterocycles. The highest BCUT2D eigenvalue weighted by atomic mass is 32.1. The van der Waals surface area contributed by atoms with Crippen molar-refractivity contribution in [2.45, 2.75) is 0 Å². The van der Waals surface area contributed by atoms with E-state index in [1.807, 2.05) is 29.6 Å². The van der Waals surface area contributed by atoms with E-state index >= 15 is 0 Å². The fourth-order valence-electron chi connectivity index (χ4n) is 2.26. The number of thiophene rings is 1. The van der Waals surface area contributed by atoms with Crippen LogP contribution in [0.4, 0.5) is 5.69 Å². The summed E-state index contributed by atoms with van der Waals surface area (Å²) in [5.74, 6) is 1.09. The second-order valence-corrected chi connectivity index (χ2v) is 5.58. The van der Waals surface area contributed by atoms with E-state index in [9.17, 15) is 4.79 Å². The summed E-state index contributed by atoms with van der Waals surface area (Å²) < 4.78 is 11.6. The summed E-state index contributed by atoms with van der Waals surface area (Å²) in [5.41, 5.74) is 1.24. The van der Waals surface area contributed by atoms with Crippen molar-refractivity contribution in [2.24, 2.45) is 0 Å². The molecular formula is C17H15NO3S. The maximum Gasteiger partial charge on any atom is 0.257 e. The van der Waals surface area contributed by atoms with Crippen molar-refractivity contribution in [1.29, 1.82) is 0 Å². The highest BCUT2D eigenvalue weighted by Crippen LogP contribution is 2.31. The first-order valence-electron chi connectivity index (χ1n) is 6.72. The van der Waals surface area contributed by atoms with Crippen LogP contribution in [0.15, 0.2) is 47.8 Å².